The summed E-state index contributed by atoms with van der Waals surface area (Å²) in [6.07, 6.45) is 2.03. The zero-order chi connectivity index (χ0) is 19.5. The number of hydrogen-bond donors (Lipinski definition) is 0. The van der Waals surface area contributed by atoms with E-state index in [0.717, 1.165) is 26.5 Å². The number of fused-ring (bicyclic) bond motifs is 1. The van der Waals surface area contributed by atoms with Gasteiger partial charge in [-0.2, -0.15) is 0 Å². The highest BCUT2D eigenvalue weighted by Gasteiger charge is 2.17. The highest BCUT2D eigenvalue weighted by atomic mass is 32.1. The standard InChI is InChI=1S/C22H18N2O3S/c1-26-19-10-4-8-16(20(19)27-2)18(25)13-14-6-3-7-15(12-14)21-24-17-9-5-11-23-22(17)28-21/h3-12H,13H2,1-2H3. The summed E-state index contributed by atoms with van der Waals surface area (Å²) in [5.74, 6) is 0.978. The van der Waals surface area contributed by atoms with Gasteiger partial charge in [-0.15, -0.1) is 0 Å². The average molecular weight is 390 g/mol. The van der Waals surface area contributed by atoms with Crippen molar-refractivity contribution in [1.82, 2.24) is 9.97 Å². The van der Waals surface area contributed by atoms with Crippen molar-refractivity contribution in [3.8, 4) is 22.1 Å². The Balaban J connectivity index is 1.63. The molecule has 0 radical (unpaired) electrons. The smallest absolute Gasteiger partial charge is 0.171 e. The Labute approximate surface area is 166 Å². The molecule has 4 aromatic rings. The van der Waals surface area contributed by atoms with Gasteiger partial charge in [0.25, 0.3) is 0 Å². The molecule has 0 aliphatic rings. The lowest BCUT2D eigenvalue weighted by Crippen LogP contribution is -2.07. The molecule has 0 bridgehead atoms. The molecule has 6 heteroatoms. The van der Waals surface area contributed by atoms with Gasteiger partial charge in [0, 0.05) is 18.2 Å². The summed E-state index contributed by atoms with van der Waals surface area (Å²) < 4.78 is 10.7. The van der Waals surface area contributed by atoms with Crippen LogP contribution in [0.2, 0.25) is 0 Å². The van der Waals surface area contributed by atoms with Crippen molar-refractivity contribution >= 4 is 27.5 Å². The Kier molecular flexibility index (Phi) is 5.04. The third-order valence-electron chi connectivity index (χ3n) is 4.41. The van der Waals surface area contributed by atoms with E-state index in [2.05, 4.69) is 9.97 Å². The van der Waals surface area contributed by atoms with Crippen molar-refractivity contribution in [1.29, 1.82) is 0 Å². The molecule has 0 aliphatic heterocycles. The fraction of sp³-hybridized carbons (Fsp3) is 0.136. The van der Waals surface area contributed by atoms with E-state index in [1.165, 1.54) is 7.11 Å². The number of ketones is 1. The molecule has 0 amide bonds. The fourth-order valence-corrected chi connectivity index (χ4v) is 4.00. The summed E-state index contributed by atoms with van der Waals surface area (Å²) in [7, 11) is 3.10. The van der Waals surface area contributed by atoms with E-state index >= 15 is 0 Å². The number of pyridine rings is 1. The summed E-state index contributed by atoms with van der Waals surface area (Å²) in [6.45, 7) is 0. The molecule has 0 fully saturated rings. The second-order valence-electron chi connectivity index (χ2n) is 6.19. The first-order chi connectivity index (χ1) is 13.7. The first-order valence-corrected chi connectivity index (χ1v) is 9.56. The summed E-state index contributed by atoms with van der Waals surface area (Å²) in [5, 5.41) is 0.891. The third kappa shape index (κ3) is 3.46. The van der Waals surface area contributed by atoms with Crippen LogP contribution < -0.4 is 9.47 Å². The van der Waals surface area contributed by atoms with Crippen LogP contribution in [-0.4, -0.2) is 30.0 Å². The number of nitrogens with zero attached hydrogens (tertiary/aromatic N) is 2. The lowest BCUT2D eigenvalue weighted by molar-refractivity contribution is 0.0989. The predicted octanol–water partition coefficient (Wildman–Crippen LogP) is 4.80. The zero-order valence-electron chi connectivity index (χ0n) is 15.5. The van der Waals surface area contributed by atoms with Crippen molar-refractivity contribution in [3.63, 3.8) is 0 Å². The van der Waals surface area contributed by atoms with Crippen molar-refractivity contribution in [2.75, 3.05) is 14.2 Å². The summed E-state index contributed by atoms with van der Waals surface area (Å²) in [6, 6.07) is 17.0. The van der Waals surface area contributed by atoms with Crippen molar-refractivity contribution in [3.05, 3.63) is 71.9 Å². The topological polar surface area (TPSA) is 61.3 Å². The highest BCUT2D eigenvalue weighted by Crippen LogP contribution is 2.32. The number of thiazole rings is 1. The minimum Gasteiger partial charge on any atom is -0.493 e. The quantitative estimate of drug-likeness (QED) is 0.443. The number of benzene rings is 2. The van der Waals surface area contributed by atoms with Crippen LogP contribution in [0, 0.1) is 0 Å². The molecule has 0 aliphatic carbocycles. The minimum absolute atomic E-state index is 0.0288. The Morgan fingerprint density at radius 2 is 1.89 bits per heavy atom. The molecule has 0 unspecified atom stereocenters. The molecule has 28 heavy (non-hydrogen) atoms. The van der Waals surface area contributed by atoms with Gasteiger partial charge in [0.05, 0.1) is 19.8 Å². The monoisotopic (exact) mass is 390 g/mol. The molecule has 2 aromatic carbocycles. The average Bonchev–Trinajstić information content (AvgIpc) is 3.17. The Morgan fingerprint density at radius 3 is 2.68 bits per heavy atom. The molecular formula is C22H18N2O3S. The van der Waals surface area contributed by atoms with Gasteiger partial charge < -0.3 is 9.47 Å². The highest BCUT2D eigenvalue weighted by molar-refractivity contribution is 7.21. The lowest BCUT2D eigenvalue weighted by Gasteiger charge is -2.12. The number of carbonyl (C=O) groups is 1. The first-order valence-electron chi connectivity index (χ1n) is 8.74. The molecule has 5 nitrogen and oxygen atoms in total. The zero-order valence-corrected chi connectivity index (χ0v) is 16.3. The van der Waals surface area contributed by atoms with Gasteiger partial charge >= 0.3 is 0 Å². The van der Waals surface area contributed by atoms with E-state index in [1.807, 2.05) is 36.4 Å². The van der Waals surface area contributed by atoms with E-state index in [0.29, 0.717) is 17.1 Å². The van der Waals surface area contributed by atoms with Crippen molar-refractivity contribution < 1.29 is 14.3 Å². The lowest BCUT2D eigenvalue weighted by atomic mass is 10.0. The number of rotatable bonds is 6. The van der Waals surface area contributed by atoms with Crippen molar-refractivity contribution in [2.45, 2.75) is 6.42 Å². The summed E-state index contributed by atoms with van der Waals surface area (Å²) >= 11 is 1.54. The van der Waals surface area contributed by atoms with E-state index in [1.54, 1.807) is 42.8 Å². The number of Topliss-reactive ketones (excluding diaryl/α,β-unsaturated/α-hetero) is 1. The molecule has 0 saturated carbocycles. The maximum Gasteiger partial charge on any atom is 0.171 e. The van der Waals surface area contributed by atoms with Crippen LogP contribution in [0.15, 0.2) is 60.8 Å². The normalized spacial score (nSPS) is 10.8. The maximum atomic E-state index is 12.9. The van der Waals surface area contributed by atoms with Crippen LogP contribution in [0.3, 0.4) is 0 Å². The first kappa shape index (κ1) is 18.1. The number of carbonyl (C=O) groups excluding carboxylic acids is 1. The van der Waals surface area contributed by atoms with Gasteiger partial charge in [-0.3, -0.25) is 4.79 Å². The van der Waals surface area contributed by atoms with Crippen LogP contribution in [0.4, 0.5) is 0 Å². The van der Waals surface area contributed by atoms with Gasteiger partial charge in [-0.1, -0.05) is 35.6 Å². The Hall–Kier alpha value is -3.25. The van der Waals surface area contributed by atoms with E-state index < -0.39 is 0 Å². The van der Waals surface area contributed by atoms with Gasteiger partial charge in [0.2, 0.25) is 0 Å². The number of para-hydroxylation sites is 1. The molecule has 140 valence electrons. The largest absolute Gasteiger partial charge is 0.493 e. The molecular weight excluding hydrogens is 372 g/mol. The van der Waals surface area contributed by atoms with E-state index in [9.17, 15) is 4.79 Å². The van der Waals surface area contributed by atoms with Crippen LogP contribution in [-0.2, 0) is 6.42 Å². The molecule has 2 aromatic heterocycles. The second kappa shape index (κ2) is 7.78. The molecule has 0 spiro atoms. The Bertz CT molecular complexity index is 1120. The second-order valence-corrected chi connectivity index (χ2v) is 7.17. The molecule has 2 heterocycles. The molecule has 4 rings (SSSR count). The van der Waals surface area contributed by atoms with Gasteiger partial charge in [-0.05, 0) is 35.9 Å². The minimum atomic E-state index is -0.0288. The maximum absolute atomic E-state index is 12.9. The molecule has 0 N–H and O–H groups in total. The predicted molar refractivity (Wildman–Crippen MR) is 110 cm³/mol. The van der Waals surface area contributed by atoms with E-state index in [-0.39, 0.29) is 12.2 Å². The molecule has 0 saturated heterocycles. The van der Waals surface area contributed by atoms with E-state index in [4.69, 9.17) is 9.47 Å². The fourth-order valence-electron chi connectivity index (χ4n) is 3.09. The number of methoxy groups -OCH3 is 2. The van der Waals surface area contributed by atoms with Gasteiger partial charge in [0.1, 0.15) is 15.4 Å². The molecule has 0 atom stereocenters. The van der Waals surface area contributed by atoms with Gasteiger partial charge in [0.15, 0.2) is 17.3 Å². The number of hydrogen-bond acceptors (Lipinski definition) is 6. The van der Waals surface area contributed by atoms with Crippen LogP contribution in [0.1, 0.15) is 15.9 Å². The van der Waals surface area contributed by atoms with Crippen molar-refractivity contribution in [2.24, 2.45) is 0 Å². The number of ether oxygens (including phenoxy) is 2. The van der Waals surface area contributed by atoms with Crippen LogP contribution in [0.25, 0.3) is 20.9 Å². The number of aromatic nitrogens is 2. The summed E-state index contributed by atoms with van der Waals surface area (Å²) in [5.41, 5.74) is 3.28. The van der Waals surface area contributed by atoms with Crippen LogP contribution >= 0.6 is 11.3 Å². The third-order valence-corrected chi connectivity index (χ3v) is 5.44. The Morgan fingerprint density at radius 1 is 1.04 bits per heavy atom. The van der Waals surface area contributed by atoms with Crippen LogP contribution in [0.5, 0.6) is 11.5 Å². The SMILES string of the molecule is COc1cccc(C(=O)Cc2cccc(-c3nc4cccnc4s3)c2)c1OC. The van der Waals surface area contributed by atoms with Gasteiger partial charge in [-0.25, -0.2) is 9.97 Å². The summed E-state index contributed by atoms with van der Waals surface area (Å²) in [4.78, 5) is 22.8.